The second-order valence-electron chi connectivity index (χ2n) is 3.69. The topological polar surface area (TPSA) is 70.0 Å². The summed E-state index contributed by atoms with van der Waals surface area (Å²) in [6, 6.07) is 0.198. The van der Waals surface area contributed by atoms with Gasteiger partial charge in [0.2, 0.25) is 0 Å². The van der Waals surface area contributed by atoms with Crippen LogP contribution in [0.1, 0.15) is 25.7 Å². The summed E-state index contributed by atoms with van der Waals surface area (Å²) in [5, 5.41) is 17.3. The number of ether oxygens (including phenoxy) is 1. The van der Waals surface area contributed by atoms with Gasteiger partial charge in [0.25, 0.3) is 0 Å². The van der Waals surface area contributed by atoms with Crippen LogP contribution in [0.15, 0.2) is 0 Å². The molecule has 2 N–H and O–H groups in total. The Labute approximate surface area is 89.6 Å². The lowest BCUT2D eigenvalue weighted by molar-refractivity contribution is 0.0787. The van der Waals surface area contributed by atoms with Crippen molar-refractivity contribution in [2.75, 3.05) is 26.4 Å². The smallest absolute Gasteiger partial charge is 0.410 e. The van der Waals surface area contributed by atoms with Crippen molar-refractivity contribution < 1.29 is 19.7 Å². The molecule has 1 aliphatic heterocycles. The maximum atomic E-state index is 11.5. The molecule has 1 amide bonds. The molecule has 1 saturated heterocycles. The number of carbonyl (C=O) groups excluding carboxylic acids is 1. The SMILES string of the molecule is O=C(OCCO)N1CCCC1CCCO. The molecule has 0 saturated carbocycles. The van der Waals surface area contributed by atoms with Crippen LogP contribution in [0.25, 0.3) is 0 Å². The van der Waals surface area contributed by atoms with Crippen LogP contribution in [0.2, 0.25) is 0 Å². The van der Waals surface area contributed by atoms with Crippen LogP contribution in [0.4, 0.5) is 4.79 Å². The minimum Gasteiger partial charge on any atom is -0.447 e. The van der Waals surface area contributed by atoms with Crippen molar-refractivity contribution in [1.29, 1.82) is 0 Å². The normalized spacial score (nSPS) is 20.7. The second kappa shape index (κ2) is 6.63. The van der Waals surface area contributed by atoms with Crippen LogP contribution in [0.5, 0.6) is 0 Å². The minimum absolute atomic E-state index is 0.0576. The molecule has 0 aromatic heterocycles. The highest BCUT2D eigenvalue weighted by molar-refractivity contribution is 5.68. The summed E-state index contributed by atoms with van der Waals surface area (Å²) in [6.07, 6.45) is 3.17. The molecule has 0 aliphatic carbocycles. The molecule has 5 nitrogen and oxygen atoms in total. The van der Waals surface area contributed by atoms with E-state index in [-0.39, 0.29) is 32.0 Å². The first-order valence-electron chi connectivity index (χ1n) is 5.44. The number of carbonyl (C=O) groups is 1. The fourth-order valence-corrected chi connectivity index (χ4v) is 1.92. The predicted molar refractivity (Wildman–Crippen MR) is 54.5 cm³/mol. The van der Waals surface area contributed by atoms with Crippen LogP contribution < -0.4 is 0 Å². The predicted octanol–water partition coefficient (Wildman–Crippen LogP) is 0.352. The number of likely N-dealkylation sites (tertiary alicyclic amines) is 1. The molecule has 0 radical (unpaired) electrons. The molecule has 1 unspecified atom stereocenters. The number of aliphatic hydroxyl groups is 2. The average molecular weight is 217 g/mol. The molecule has 1 rings (SSSR count). The van der Waals surface area contributed by atoms with E-state index in [0.29, 0.717) is 6.42 Å². The summed E-state index contributed by atoms with van der Waals surface area (Å²) >= 11 is 0. The van der Waals surface area contributed by atoms with E-state index >= 15 is 0 Å². The maximum Gasteiger partial charge on any atom is 0.410 e. The summed E-state index contributed by atoms with van der Waals surface area (Å²) in [7, 11) is 0. The Bertz CT molecular complexity index is 198. The van der Waals surface area contributed by atoms with Gasteiger partial charge in [0.1, 0.15) is 6.61 Å². The van der Waals surface area contributed by atoms with Gasteiger partial charge in [-0.25, -0.2) is 4.79 Å². The highest BCUT2D eigenvalue weighted by atomic mass is 16.6. The van der Waals surface area contributed by atoms with Crippen molar-refractivity contribution in [1.82, 2.24) is 4.90 Å². The second-order valence-corrected chi connectivity index (χ2v) is 3.69. The lowest BCUT2D eigenvalue weighted by atomic mass is 10.1. The first kappa shape index (κ1) is 12.3. The fraction of sp³-hybridized carbons (Fsp3) is 0.900. The minimum atomic E-state index is -0.343. The Hall–Kier alpha value is -0.810. The molecule has 0 aromatic rings. The van der Waals surface area contributed by atoms with Crippen molar-refractivity contribution in [3.8, 4) is 0 Å². The first-order valence-corrected chi connectivity index (χ1v) is 5.44. The molecule has 1 heterocycles. The molecule has 0 spiro atoms. The molecular formula is C10H19NO4. The van der Waals surface area contributed by atoms with E-state index in [1.54, 1.807) is 4.90 Å². The molecule has 15 heavy (non-hydrogen) atoms. The van der Waals surface area contributed by atoms with Gasteiger partial charge in [0.15, 0.2) is 0 Å². The zero-order chi connectivity index (χ0) is 11.1. The van der Waals surface area contributed by atoms with Crippen molar-refractivity contribution in [3.05, 3.63) is 0 Å². The van der Waals surface area contributed by atoms with E-state index in [1.165, 1.54) is 0 Å². The lowest BCUT2D eigenvalue weighted by Crippen LogP contribution is -2.36. The number of hydrogen-bond acceptors (Lipinski definition) is 4. The van der Waals surface area contributed by atoms with E-state index in [1.807, 2.05) is 0 Å². The van der Waals surface area contributed by atoms with Gasteiger partial charge < -0.3 is 19.8 Å². The number of hydrogen-bond donors (Lipinski definition) is 2. The van der Waals surface area contributed by atoms with Crippen LogP contribution >= 0.6 is 0 Å². The van der Waals surface area contributed by atoms with Gasteiger partial charge in [-0.15, -0.1) is 0 Å². The van der Waals surface area contributed by atoms with Gasteiger partial charge in [0.05, 0.1) is 6.61 Å². The van der Waals surface area contributed by atoms with Crippen molar-refractivity contribution in [2.45, 2.75) is 31.7 Å². The summed E-state index contributed by atoms with van der Waals surface area (Å²) in [4.78, 5) is 13.2. The quantitative estimate of drug-likeness (QED) is 0.697. The first-order chi connectivity index (χ1) is 7.29. The zero-order valence-electron chi connectivity index (χ0n) is 8.89. The molecule has 1 aliphatic rings. The molecule has 1 fully saturated rings. The van der Waals surface area contributed by atoms with Gasteiger partial charge >= 0.3 is 6.09 Å². The standard InChI is InChI=1S/C10H19NO4/c12-6-2-4-9-3-1-5-11(9)10(14)15-8-7-13/h9,12-13H,1-8H2. The van der Waals surface area contributed by atoms with E-state index in [0.717, 1.165) is 25.8 Å². The van der Waals surface area contributed by atoms with E-state index in [9.17, 15) is 4.79 Å². The van der Waals surface area contributed by atoms with Crippen LogP contribution in [0.3, 0.4) is 0 Å². The fourth-order valence-electron chi connectivity index (χ4n) is 1.92. The lowest BCUT2D eigenvalue weighted by Gasteiger charge is -2.23. The van der Waals surface area contributed by atoms with Crippen molar-refractivity contribution in [3.63, 3.8) is 0 Å². The van der Waals surface area contributed by atoms with E-state index < -0.39 is 0 Å². The van der Waals surface area contributed by atoms with Crippen LogP contribution in [-0.4, -0.2) is 53.6 Å². The van der Waals surface area contributed by atoms with Gasteiger partial charge in [-0.05, 0) is 25.7 Å². The Morgan fingerprint density at radius 3 is 2.87 bits per heavy atom. The van der Waals surface area contributed by atoms with Gasteiger partial charge in [-0.2, -0.15) is 0 Å². The third kappa shape index (κ3) is 3.68. The third-order valence-corrected chi connectivity index (χ3v) is 2.62. The van der Waals surface area contributed by atoms with Gasteiger partial charge in [0, 0.05) is 19.2 Å². The Balaban J connectivity index is 2.34. The zero-order valence-corrected chi connectivity index (χ0v) is 8.89. The van der Waals surface area contributed by atoms with E-state index in [4.69, 9.17) is 14.9 Å². The Kier molecular flexibility index (Phi) is 5.42. The van der Waals surface area contributed by atoms with Crippen LogP contribution in [0, 0.1) is 0 Å². The molecule has 88 valence electrons. The molecular weight excluding hydrogens is 198 g/mol. The highest BCUT2D eigenvalue weighted by Crippen LogP contribution is 2.21. The van der Waals surface area contributed by atoms with Gasteiger partial charge in [-0.1, -0.05) is 0 Å². The number of aliphatic hydroxyl groups excluding tert-OH is 2. The number of amides is 1. The Morgan fingerprint density at radius 1 is 1.40 bits per heavy atom. The Morgan fingerprint density at radius 2 is 2.20 bits per heavy atom. The largest absolute Gasteiger partial charge is 0.447 e. The molecule has 1 atom stereocenters. The summed E-state index contributed by atoms with van der Waals surface area (Å²) in [5.41, 5.74) is 0. The molecule has 0 aromatic carbocycles. The number of nitrogens with zero attached hydrogens (tertiary/aromatic N) is 1. The average Bonchev–Trinajstić information content (AvgIpc) is 2.71. The summed E-state index contributed by atoms with van der Waals surface area (Å²) < 4.78 is 4.86. The van der Waals surface area contributed by atoms with Crippen molar-refractivity contribution in [2.24, 2.45) is 0 Å². The number of rotatable bonds is 5. The summed E-state index contributed by atoms with van der Waals surface area (Å²) in [6.45, 7) is 0.805. The third-order valence-electron chi connectivity index (χ3n) is 2.62. The van der Waals surface area contributed by atoms with Crippen molar-refractivity contribution >= 4 is 6.09 Å². The van der Waals surface area contributed by atoms with Gasteiger partial charge in [-0.3, -0.25) is 0 Å². The summed E-state index contributed by atoms with van der Waals surface area (Å²) in [5.74, 6) is 0. The maximum absolute atomic E-state index is 11.5. The molecule has 5 heteroatoms. The highest BCUT2D eigenvalue weighted by Gasteiger charge is 2.28. The van der Waals surface area contributed by atoms with Crippen LogP contribution in [-0.2, 0) is 4.74 Å². The monoisotopic (exact) mass is 217 g/mol. The molecule has 0 bridgehead atoms. The van der Waals surface area contributed by atoms with E-state index in [2.05, 4.69) is 0 Å².